The molecule has 3 N–H and O–H groups in total. The van der Waals surface area contributed by atoms with E-state index in [1.807, 2.05) is 18.2 Å². The zero-order valence-corrected chi connectivity index (χ0v) is 9.72. The Morgan fingerprint density at radius 1 is 1.07 bits per heavy atom. The van der Waals surface area contributed by atoms with Gasteiger partial charge in [-0.25, -0.2) is 0 Å². The van der Waals surface area contributed by atoms with Gasteiger partial charge in [-0.3, -0.25) is 0 Å². The second kappa shape index (κ2) is 7.39. The number of nitrogens with two attached hydrogens (primary N) is 1. The molecule has 14 heavy (non-hydrogen) atoms. The first-order valence-corrected chi connectivity index (χ1v) is 5.15. The first-order valence-electron chi connectivity index (χ1n) is 5.15. The molecule has 0 aromatic heterocycles. The van der Waals surface area contributed by atoms with Crippen molar-refractivity contribution in [2.45, 2.75) is 27.7 Å². The van der Waals surface area contributed by atoms with Crippen molar-refractivity contribution in [3.8, 4) is 0 Å². The van der Waals surface area contributed by atoms with Gasteiger partial charge in [0, 0.05) is 5.69 Å². The zero-order valence-electron chi connectivity index (χ0n) is 9.72. The molecule has 80 valence electrons. The second-order valence-corrected chi connectivity index (χ2v) is 3.30. The molecule has 0 aliphatic rings. The Bertz CT molecular complexity index is 254. The van der Waals surface area contributed by atoms with Gasteiger partial charge in [-0.15, -0.1) is 0 Å². The van der Waals surface area contributed by atoms with E-state index >= 15 is 0 Å². The van der Waals surface area contributed by atoms with E-state index in [2.05, 4.69) is 33.0 Å². The van der Waals surface area contributed by atoms with Crippen LogP contribution in [0.15, 0.2) is 18.2 Å². The maximum Gasteiger partial charge on any atom is 0.0316 e. The van der Waals surface area contributed by atoms with Gasteiger partial charge in [-0.2, -0.15) is 0 Å². The van der Waals surface area contributed by atoms with Crippen LogP contribution in [-0.2, 0) is 0 Å². The average Bonchev–Trinajstić information content (AvgIpc) is 2.14. The molecule has 0 spiro atoms. The third-order valence-electron chi connectivity index (χ3n) is 2.03. The van der Waals surface area contributed by atoms with Gasteiger partial charge >= 0.3 is 0 Å². The van der Waals surface area contributed by atoms with Gasteiger partial charge in [0.1, 0.15) is 0 Å². The zero-order chi connectivity index (χ0) is 11.0. The van der Waals surface area contributed by atoms with E-state index < -0.39 is 0 Å². The summed E-state index contributed by atoms with van der Waals surface area (Å²) in [5.41, 5.74) is 8.93. The first-order chi connectivity index (χ1) is 6.61. The number of rotatable bonds is 2. The molecule has 1 rings (SSSR count). The predicted molar refractivity (Wildman–Crippen MR) is 64.5 cm³/mol. The molecule has 0 saturated carbocycles. The van der Waals surface area contributed by atoms with Crippen molar-refractivity contribution in [1.82, 2.24) is 5.32 Å². The Balaban J connectivity index is 0.000000292. The second-order valence-electron chi connectivity index (χ2n) is 3.30. The van der Waals surface area contributed by atoms with Gasteiger partial charge in [0.15, 0.2) is 0 Å². The average molecular weight is 194 g/mol. The van der Waals surface area contributed by atoms with Crippen LogP contribution in [0.3, 0.4) is 0 Å². The van der Waals surface area contributed by atoms with Crippen molar-refractivity contribution >= 4 is 5.69 Å². The van der Waals surface area contributed by atoms with Crippen LogP contribution in [0.2, 0.25) is 0 Å². The smallest absolute Gasteiger partial charge is 0.0316 e. The maximum absolute atomic E-state index is 5.53. The highest BCUT2D eigenvalue weighted by Gasteiger charge is 1.89. The third-order valence-corrected chi connectivity index (χ3v) is 2.03. The Morgan fingerprint density at radius 3 is 1.93 bits per heavy atom. The highest BCUT2D eigenvalue weighted by molar-refractivity contribution is 5.43. The normalized spacial score (nSPS) is 9.14. The molecule has 0 aliphatic carbocycles. The van der Waals surface area contributed by atoms with Crippen LogP contribution in [0.1, 0.15) is 25.0 Å². The summed E-state index contributed by atoms with van der Waals surface area (Å²) in [5, 5.41) is 3.11. The van der Waals surface area contributed by atoms with Gasteiger partial charge in [0.25, 0.3) is 0 Å². The molecular formula is C12H22N2. The molecule has 2 heteroatoms. The predicted octanol–water partition coefficient (Wildman–Crippen LogP) is 2.50. The number of hydrogen-bond donors (Lipinski definition) is 2. The minimum Gasteiger partial charge on any atom is -0.399 e. The van der Waals surface area contributed by atoms with E-state index in [-0.39, 0.29) is 0 Å². The van der Waals surface area contributed by atoms with Crippen LogP contribution in [0, 0.1) is 13.8 Å². The molecule has 0 aliphatic heterocycles. The highest BCUT2D eigenvalue weighted by atomic mass is 14.8. The summed E-state index contributed by atoms with van der Waals surface area (Å²) in [6.45, 7) is 10.5. The van der Waals surface area contributed by atoms with Gasteiger partial charge < -0.3 is 11.1 Å². The summed E-state index contributed by atoms with van der Waals surface area (Å²) in [7, 11) is 0. The summed E-state index contributed by atoms with van der Waals surface area (Å²) in [5.74, 6) is 0. The number of benzene rings is 1. The molecule has 2 nitrogen and oxygen atoms in total. The van der Waals surface area contributed by atoms with Crippen molar-refractivity contribution in [2.75, 3.05) is 18.8 Å². The lowest BCUT2D eigenvalue weighted by atomic mass is 10.1. The summed E-state index contributed by atoms with van der Waals surface area (Å²) in [4.78, 5) is 0. The number of hydrogen-bond acceptors (Lipinski definition) is 2. The van der Waals surface area contributed by atoms with E-state index in [0.29, 0.717) is 0 Å². The number of anilines is 1. The van der Waals surface area contributed by atoms with Gasteiger partial charge in [0.2, 0.25) is 0 Å². The molecule has 0 bridgehead atoms. The topological polar surface area (TPSA) is 38.0 Å². The number of nitrogen functional groups attached to an aromatic ring is 1. The lowest BCUT2D eigenvalue weighted by Crippen LogP contribution is -2.09. The Morgan fingerprint density at radius 2 is 1.64 bits per heavy atom. The fraction of sp³-hybridized carbons (Fsp3) is 0.500. The quantitative estimate of drug-likeness (QED) is 0.710. The highest BCUT2D eigenvalue weighted by Crippen LogP contribution is 2.09. The molecule has 1 aromatic rings. The molecule has 0 unspecified atom stereocenters. The summed E-state index contributed by atoms with van der Waals surface area (Å²) in [6.07, 6.45) is 0. The van der Waals surface area contributed by atoms with Crippen LogP contribution in [0.4, 0.5) is 5.69 Å². The van der Waals surface area contributed by atoms with Gasteiger partial charge in [-0.05, 0) is 50.2 Å². The van der Waals surface area contributed by atoms with Crippen LogP contribution in [-0.4, -0.2) is 13.1 Å². The van der Waals surface area contributed by atoms with Crippen LogP contribution >= 0.6 is 0 Å². The molecule has 0 amide bonds. The lowest BCUT2D eigenvalue weighted by molar-refractivity contribution is 0.762. The van der Waals surface area contributed by atoms with Crippen molar-refractivity contribution in [3.05, 3.63) is 29.3 Å². The van der Waals surface area contributed by atoms with E-state index in [1.54, 1.807) is 0 Å². The SMILES string of the molecule is CCNCC.Cc1ccc(N)cc1C. The van der Waals surface area contributed by atoms with E-state index in [4.69, 9.17) is 5.73 Å². The fourth-order valence-electron chi connectivity index (χ4n) is 1.01. The Labute approximate surface area is 87.5 Å². The first kappa shape index (κ1) is 13.0. The monoisotopic (exact) mass is 194 g/mol. The maximum atomic E-state index is 5.53. The Kier molecular flexibility index (Phi) is 6.85. The number of nitrogens with one attached hydrogen (secondary N) is 1. The number of aryl methyl sites for hydroxylation is 2. The van der Waals surface area contributed by atoms with Crippen LogP contribution in [0.5, 0.6) is 0 Å². The minimum atomic E-state index is 0.845. The molecule has 0 heterocycles. The third kappa shape index (κ3) is 5.60. The van der Waals surface area contributed by atoms with Gasteiger partial charge in [0.05, 0.1) is 0 Å². The molecular weight excluding hydrogens is 172 g/mol. The lowest BCUT2D eigenvalue weighted by Gasteiger charge is -1.98. The molecule has 0 radical (unpaired) electrons. The standard InChI is InChI=1S/C8H11N.C4H11N/c1-6-3-4-8(9)5-7(6)2;1-3-5-4-2/h3-5H,9H2,1-2H3;5H,3-4H2,1-2H3. The van der Waals surface area contributed by atoms with Crippen molar-refractivity contribution in [2.24, 2.45) is 0 Å². The molecule has 0 atom stereocenters. The van der Waals surface area contributed by atoms with E-state index in [9.17, 15) is 0 Å². The molecule has 0 saturated heterocycles. The van der Waals surface area contributed by atoms with E-state index in [1.165, 1.54) is 11.1 Å². The summed E-state index contributed by atoms with van der Waals surface area (Å²) < 4.78 is 0. The largest absolute Gasteiger partial charge is 0.399 e. The van der Waals surface area contributed by atoms with Crippen LogP contribution < -0.4 is 11.1 Å². The Hall–Kier alpha value is -1.02. The molecule has 1 aromatic carbocycles. The summed E-state index contributed by atoms with van der Waals surface area (Å²) in [6, 6.07) is 5.93. The van der Waals surface area contributed by atoms with Crippen LogP contribution in [0.25, 0.3) is 0 Å². The fourth-order valence-corrected chi connectivity index (χ4v) is 1.01. The molecule has 0 fully saturated rings. The van der Waals surface area contributed by atoms with E-state index in [0.717, 1.165) is 18.8 Å². The van der Waals surface area contributed by atoms with Crippen molar-refractivity contribution < 1.29 is 0 Å². The summed E-state index contributed by atoms with van der Waals surface area (Å²) >= 11 is 0. The van der Waals surface area contributed by atoms with Crippen molar-refractivity contribution in [3.63, 3.8) is 0 Å². The van der Waals surface area contributed by atoms with Gasteiger partial charge in [-0.1, -0.05) is 19.9 Å². The van der Waals surface area contributed by atoms with Crippen molar-refractivity contribution in [1.29, 1.82) is 0 Å². The minimum absolute atomic E-state index is 0.845.